The summed E-state index contributed by atoms with van der Waals surface area (Å²) in [5.41, 5.74) is 7.32. The van der Waals surface area contributed by atoms with Gasteiger partial charge in [-0.05, 0) is 25.8 Å². The average molecular weight is 233 g/mol. The van der Waals surface area contributed by atoms with E-state index >= 15 is 0 Å². The predicted molar refractivity (Wildman–Crippen MR) is 71.2 cm³/mol. The maximum absolute atomic E-state index is 6.25. The summed E-state index contributed by atoms with van der Waals surface area (Å²) in [6, 6.07) is 8.27. The van der Waals surface area contributed by atoms with Crippen LogP contribution in [0.25, 0.3) is 0 Å². The number of fused-ring (bicyclic) bond motifs is 1. The van der Waals surface area contributed by atoms with Gasteiger partial charge in [0.25, 0.3) is 0 Å². The van der Waals surface area contributed by atoms with Crippen molar-refractivity contribution in [1.82, 2.24) is 0 Å². The average Bonchev–Trinajstić information content (AvgIpc) is 2.29. The van der Waals surface area contributed by atoms with Crippen molar-refractivity contribution in [3.05, 3.63) is 29.8 Å². The molecule has 2 rings (SSSR count). The molecule has 0 saturated carbocycles. The molecule has 0 spiro atoms. The van der Waals surface area contributed by atoms with E-state index in [0.717, 1.165) is 24.2 Å². The highest BCUT2D eigenvalue weighted by molar-refractivity contribution is 5.38. The van der Waals surface area contributed by atoms with Gasteiger partial charge in [-0.15, -0.1) is 0 Å². The quantitative estimate of drug-likeness (QED) is 0.803. The van der Waals surface area contributed by atoms with Crippen molar-refractivity contribution < 1.29 is 4.74 Å². The minimum atomic E-state index is -0.0804. The number of para-hydroxylation sites is 1. The van der Waals surface area contributed by atoms with Gasteiger partial charge >= 0.3 is 0 Å². The van der Waals surface area contributed by atoms with Gasteiger partial charge in [0.05, 0.1) is 0 Å². The third-order valence-electron chi connectivity index (χ3n) is 3.64. The third-order valence-corrected chi connectivity index (χ3v) is 3.64. The van der Waals surface area contributed by atoms with Gasteiger partial charge in [0.15, 0.2) is 0 Å². The van der Waals surface area contributed by atoms with Crippen LogP contribution in [0.3, 0.4) is 0 Å². The highest BCUT2D eigenvalue weighted by atomic mass is 16.5. The Morgan fingerprint density at radius 2 is 2.12 bits per heavy atom. The Hall–Kier alpha value is -1.02. The number of unbranched alkanes of at least 4 members (excludes halogenated alkanes) is 2. The Kier molecular flexibility index (Phi) is 3.72. The topological polar surface area (TPSA) is 35.2 Å². The molecule has 1 aromatic carbocycles. The van der Waals surface area contributed by atoms with Gasteiger partial charge in [-0.25, -0.2) is 0 Å². The lowest BCUT2D eigenvalue weighted by molar-refractivity contribution is 0.0431. The molecule has 0 aliphatic carbocycles. The van der Waals surface area contributed by atoms with Crippen LogP contribution in [-0.4, -0.2) is 5.60 Å². The molecule has 2 N–H and O–H groups in total. The molecule has 0 fully saturated rings. The number of rotatable bonds is 4. The Bertz CT molecular complexity index is 377. The molecular formula is C15H23NO. The van der Waals surface area contributed by atoms with Crippen LogP contribution in [0.5, 0.6) is 5.75 Å². The minimum absolute atomic E-state index is 0.0804. The Balaban J connectivity index is 2.09. The van der Waals surface area contributed by atoms with Crippen LogP contribution < -0.4 is 10.5 Å². The van der Waals surface area contributed by atoms with Gasteiger partial charge in [0.1, 0.15) is 11.4 Å². The number of hydrogen-bond donors (Lipinski definition) is 1. The second-order valence-corrected chi connectivity index (χ2v) is 5.36. The summed E-state index contributed by atoms with van der Waals surface area (Å²) >= 11 is 0. The molecule has 0 saturated heterocycles. The fourth-order valence-electron chi connectivity index (χ4n) is 2.66. The maximum Gasteiger partial charge on any atom is 0.124 e. The summed E-state index contributed by atoms with van der Waals surface area (Å²) in [6.45, 7) is 4.42. The largest absolute Gasteiger partial charge is 0.487 e. The van der Waals surface area contributed by atoms with E-state index < -0.39 is 0 Å². The van der Waals surface area contributed by atoms with Crippen molar-refractivity contribution in [2.45, 2.75) is 57.6 Å². The number of nitrogens with two attached hydrogens (primary N) is 1. The molecule has 0 bridgehead atoms. The standard InChI is InChI=1S/C15H23NO/c1-3-4-7-10-15(2)11-13(16)12-8-5-6-9-14(12)17-15/h5-6,8-9,13H,3-4,7,10-11,16H2,1-2H3/t13-,15?/m1/s1. The van der Waals surface area contributed by atoms with Gasteiger partial charge in [0, 0.05) is 18.0 Å². The molecule has 94 valence electrons. The molecule has 1 aromatic rings. The first-order chi connectivity index (χ1) is 8.14. The van der Waals surface area contributed by atoms with E-state index in [1.165, 1.54) is 19.3 Å². The van der Waals surface area contributed by atoms with E-state index in [1.807, 2.05) is 18.2 Å². The molecule has 1 heterocycles. The smallest absolute Gasteiger partial charge is 0.124 e. The van der Waals surface area contributed by atoms with E-state index in [2.05, 4.69) is 19.9 Å². The molecule has 2 atom stereocenters. The normalized spacial score (nSPS) is 27.4. The minimum Gasteiger partial charge on any atom is -0.487 e. The van der Waals surface area contributed by atoms with Crippen LogP contribution in [0.4, 0.5) is 0 Å². The summed E-state index contributed by atoms with van der Waals surface area (Å²) < 4.78 is 6.16. The van der Waals surface area contributed by atoms with E-state index in [-0.39, 0.29) is 11.6 Å². The first kappa shape index (κ1) is 12.4. The van der Waals surface area contributed by atoms with Gasteiger partial charge in [-0.2, -0.15) is 0 Å². The molecule has 2 heteroatoms. The lowest BCUT2D eigenvalue weighted by atomic mass is 9.85. The molecule has 1 aliphatic heterocycles. The fraction of sp³-hybridized carbons (Fsp3) is 0.600. The van der Waals surface area contributed by atoms with Crippen molar-refractivity contribution in [1.29, 1.82) is 0 Å². The summed E-state index contributed by atoms with van der Waals surface area (Å²) in [4.78, 5) is 0. The lowest BCUT2D eigenvalue weighted by Crippen LogP contribution is -2.40. The maximum atomic E-state index is 6.25. The summed E-state index contributed by atoms with van der Waals surface area (Å²) in [5, 5.41) is 0. The Morgan fingerprint density at radius 3 is 2.88 bits per heavy atom. The van der Waals surface area contributed by atoms with Crippen molar-refractivity contribution in [3.63, 3.8) is 0 Å². The van der Waals surface area contributed by atoms with Crippen LogP contribution >= 0.6 is 0 Å². The zero-order valence-corrected chi connectivity index (χ0v) is 10.9. The van der Waals surface area contributed by atoms with E-state index in [1.54, 1.807) is 0 Å². The van der Waals surface area contributed by atoms with Crippen molar-refractivity contribution in [2.24, 2.45) is 5.73 Å². The number of hydrogen-bond acceptors (Lipinski definition) is 2. The molecule has 0 aromatic heterocycles. The van der Waals surface area contributed by atoms with Crippen LogP contribution in [-0.2, 0) is 0 Å². The zero-order valence-electron chi connectivity index (χ0n) is 10.9. The Morgan fingerprint density at radius 1 is 1.35 bits per heavy atom. The second-order valence-electron chi connectivity index (χ2n) is 5.36. The van der Waals surface area contributed by atoms with Crippen LogP contribution in [0.1, 0.15) is 57.6 Å². The third kappa shape index (κ3) is 2.81. The van der Waals surface area contributed by atoms with E-state index in [0.29, 0.717) is 0 Å². The van der Waals surface area contributed by atoms with Crippen molar-refractivity contribution >= 4 is 0 Å². The molecule has 1 aliphatic rings. The fourth-order valence-corrected chi connectivity index (χ4v) is 2.66. The molecular weight excluding hydrogens is 210 g/mol. The van der Waals surface area contributed by atoms with Crippen molar-refractivity contribution in [3.8, 4) is 5.75 Å². The SMILES string of the molecule is CCCCCC1(C)C[C@@H](N)c2ccccc2O1. The van der Waals surface area contributed by atoms with Crippen LogP contribution in [0.2, 0.25) is 0 Å². The van der Waals surface area contributed by atoms with E-state index in [4.69, 9.17) is 10.5 Å². The van der Waals surface area contributed by atoms with Gasteiger partial charge in [-0.3, -0.25) is 0 Å². The van der Waals surface area contributed by atoms with Gasteiger partial charge < -0.3 is 10.5 Å². The molecule has 0 radical (unpaired) electrons. The summed E-state index contributed by atoms with van der Waals surface area (Å²) in [7, 11) is 0. The molecule has 2 nitrogen and oxygen atoms in total. The first-order valence-corrected chi connectivity index (χ1v) is 6.68. The molecule has 1 unspecified atom stereocenters. The number of ether oxygens (including phenoxy) is 1. The van der Waals surface area contributed by atoms with Crippen LogP contribution in [0, 0.1) is 0 Å². The highest BCUT2D eigenvalue weighted by Gasteiger charge is 2.34. The monoisotopic (exact) mass is 233 g/mol. The summed E-state index contributed by atoms with van der Waals surface area (Å²) in [6.07, 6.45) is 5.77. The zero-order chi connectivity index (χ0) is 12.3. The van der Waals surface area contributed by atoms with Gasteiger partial charge in [-0.1, -0.05) is 38.0 Å². The van der Waals surface area contributed by atoms with Crippen molar-refractivity contribution in [2.75, 3.05) is 0 Å². The molecule has 0 amide bonds. The lowest BCUT2D eigenvalue weighted by Gasteiger charge is -2.39. The highest BCUT2D eigenvalue weighted by Crippen LogP contribution is 2.40. The van der Waals surface area contributed by atoms with Crippen LogP contribution in [0.15, 0.2) is 24.3 Å². The first-order valence-electron chi connectivity index (χ1n) is 6.68. The Labute approximate surface area is 104 Å². The molecule has 17 heavy (non-hydrogen) atoms. The number of benzene rings is 1. The second kappa shape index (κ2) is 5.09. The summed E-state index contributed by atoms with van der Waals surface area (Å²) in [5.74, 6) is 0.977. The van der Waals surface area contributed by atoms with E-state index in [9.17, 15) is 0 Å². The predicted octanol–water partition coefficient (Wildman–Crippen LogP) is 3.81. The van der Waals surface area contributed by atoms with Gasteiger partial charge in [0.2, 0.25) is 0 Å².